The molecular formula is C35H45O6P. The molecule has 0 aliphatic rings. The lowest BCUT2D eigenvalue weighted by Gasteiger charge is -2.36. The summed E-state index contributed by atoms with van der Waals surface area (Å²) in [5, 5.41) is 0.428. The minimum Gasteiger partial charge on any atom is -0.496 e. The van der Waals surface area contributed by atoms with Crippen LogP contribution in [0, 0.1) is 0 Å². The molecule has 0 saturated carbocycles. The van der Waals surface area contributed by atoms with Crippen molar-refractivity contribution in [3.8, 4) is 17.2 Å². The number of benzene rings is 3. The highest BCUT2D eigenvalue weighted by Crippen LogP contribution is 2.46. The van der Waals surface area contributed by atoms with Crippen LogP contribution in [0.3, 0.4) is 0 Å². The molecule has 3 rings (SSSR count). The SMILES string of the molecule is COc1cc(OC)c(C(=O)[PH](=O)c2c(C(C)(C)C)cc(C(C)(C)C)c(C(=O)c3ccccc3)c2C(C)(C)C)c(OC)c1. The number of rotatable bonds is 8. The summed E-state index contributed by atoms with van der Waals surface area (Å²) in [7, 11) is 1.15. The van der Waals surface area contributed by atoms with E-state index in [1.165, 1.54) is 21.3 Å². The molecule has 0 fully saturated rings. The Morgan fingerprint density at radius 1 is 0.643 bits per heavy atom. The Morgan fingerprint density at radius 3 is 1.55 bits per heavy atom. The second-order valence-electron chi connectivity index (χ2n) is 13.6. The van der Waals surface area contributed by atoms with Crippen molar-refractivity contribution in [1.29, 1.82) is 0 Å². The summed E-state index contributed by atoms with van der Waals surface area (Å²) >= 11 is 0. The van der Waals surface area contributed by atoms with Crippen LogP contribution in [0.1, 0.15) is 105 Å². The Kier molecular flexibility index (Phi) is 9.54. The van der Waals surface area contributed by atoms with E-state index < -0.39 is 29.6 Å². The van der Waals surface area contributed by atoms with Gasteiger partial charge >= 0.3 is 0 Å². The predicted octanol–water partition coefficient (Wildman–Crippen LogP) is 7.86. The average molecular weight is 593 g/mol. The van der Waals surface area contributed by atoms with Crippen LogP contribution in [0.5, 0.6) is 17.2 Å². The van der Waals surface area contributed by atoms with Crippen LogP contribution < -0.4 is 19.5 Å². The fourth-order valence-corrected chi connectivity index (χ4v) is 7.40. The Labute approximate surface area is 251 Å². The number of carbonyl (C=O) groups is 2. The maximum absolute atomic E-state index is 14.8. The molecule has 0 aliphatic carbocycles. The van der Waals surface area contributed by atoms with E-state index >= 15 is 0 Å². The van der Waals surface area contributed by atoms with Gasteiger partial charge in [-0.1, -0.05) is 98.7 Å². The summed E-state index contributed by atoms with van der Waals surface area (Å²) in [6.07, 6.45) is 0. The van der Waals surface area contributed by atoms with Crippen molar-refractivity contribution in [1.82, 2.24) is 0 Å². The Bertz CT molecular complexity index is 1490. The van der Waals surface area contributed by atoms with Crippen molar-refractivity contribution in [2.75, 3.05) is 21.3 Å². The molecule has 7 heteroatoms. The highest BCUT2D eigenvalue weighted by atomic mass is 31.1. The molecule has 0 N–H and O–H groups in total. The summed E-state index contributed by atoms with van der Waals surface area (Å²) < 4.78 is 31.3. The second-order valence-corrected chi connectivity index (χ2v) is 15.2. The lowest BCUT2D eigenvalue weighted by atomic mass is 9.70. The normalized spacial score (nSPS) is 13.0. The lowest BCUT2D eigenvalue weighted by molar-refractivity contribution is 0.103. The van der Waals surface area contributed by atoms with E-state index in [2.05, 4.69) is 20.8 Å². The zero-order valence-corrected chi connectivity index (χ0v) is 28.1. The van der Waals surface area contributed by atoms with Gasteiger partial charge in [0.2, 0.25) is 5.52 Å². The van der Waals surface area contributed by atoms with E-state index in [-0.39, 0.29) is 22.8 Å². The monoisotopic (exact) mass is 592 g/mol. The summed E-state index contributed by atoms with van der Waals surface area (Å²) in [4.78, 5) is 28.7. The number of ether oxygens (including phenoxy) is 3. The first-order valence-electron chi connectivity index (χ1n) is 14.1. The molecule has 0 bridgehead atoms. The molecule has 0 aliphatic heterocycles. The van der Waals surface area contributed by atoms with E-state index in [9.17, 15) is 14.2 Å². The van der Waals surface area contributed by atoms with Gasteiger partial charge in [0.25, 0.3) is 0 Å². The van der Waals surface area contributed by atoms with Crippen molar-refractivity contribution in [2.45, 2.75) is 78.6 Å². The van der Waals surface area contributed by atoms with Crippen molar-refractivity contribution < 1.29 is 28.4 Å². The Hall–Kier alpha value is -3.37. The Morgan fingerprint density at radius 2 is 1.14 bits per heavy atom. The molecule has 3 aromatic rings. The van der Waals surface area contributed by atoms with Gasteiger partial charge in [0.1, 0.15) is 22.8 Å². The lowest BCUT2D eigenvalue weighted by Crippen LogP contribution is -2.35. The highest BCUT2D eigenvalue weighted by Gasteiger charge is 2.39. The van der Waals surface area contributed by atoms with Crippen molar-refractivity contribution in [3.05, 3.63) is 81.9 Å². The van der Waals surface area contributed by atoms with E-state index in [4.69, 9.17) is 14.2 Å². The minimum atomic E-state index is -3.24. The summed E-state index contributed by atoms with van der Waals surface area (Å²) in [6, 6.07) is 14.3. The van der Waals surface area contributed by atoms with Crippen LogP contribution in [-0.2, 0) is 20.8 Å². The van der Waals surface area contributed by atoms with Gasteiger partial charge in [-0.05, 0) is 32.9 Å². The van der Waals surface area contributed by atoms with Gasteiger partial charge in [-0.3, -0.25) is 9.59 Å². The highest BCUT2D eigenvalue weighted by molar-refractivity contribution is 7.71. The molecule has 0 saturated heterocycles. The summed E-state index contributed by atoms with van der Waals surface area (Å²) in [5.74, 6) is 0.692. The third-order valence-corrected chi connectivity index (χ3v) is 8.97. The number of hydrogen-bond acceptors (Lipinski definition) is 6. The zero-order chi connectivity index (χ0) is 31.8. The van der Waals surface area contributed by atoms with Gasteiger partial charge < -0.3 is 18.8 Å². The molecular weight excluding hydrogens is 547 g/mol. The van der Waals surface area contributed by atoms with Crippen molar-refractivity contribution >= 4 is 24.4 Å². The molecule has 226 valence electrons. The molecule has 42 heavy (non-hydrogen) atoms. The van der Waals surface area contributed by atoms with Crippen LogP contribution in [0.15, 0.2) is 48.5 Å². The van der Waals surface area contributed by atoms with Crippen LogP contribution in [-0.4, -0.2) is 32.6 Å². The molecule has 0 amide bonds. The number of carbonyl (C=O) groups excluding carboxylic acids is 2. The molecule has 3 aromatic carbocycles. The molecule has 0 aromatic heterocycles. The zero-order valence-electron chi connectivity index (χ0n) is 27.1. The van der Waals surface area contributed by atoms with E-state index in [1.54, 1.807) is 24.3 Å². The average Bonchev–Trinajstić information content (AvgIpc) is 2.92. The maximum Gasteiger partial charge on any atom is 0.230 e. The third-order valence-electron chi connectivity index (χ3n) is 7.33. The second kappa shape index (κ2) is 12.1. The summed E-state index contributed by atoms with van der Waals surface area (Å²) in [6.45, 7) is 18.3. The molecule has 1 unspecified atom stereocenters. The number of hydrogen-bond donors (Lipinski definition) is 0. The first kappa shape index (κ1) is 33.1. The topological polar surface area (TPSA) is 78.9 Å². The van der Waals surface area contributed by atoms with Gasteiger partial charge in [0, 0.05) is 28.6 Å². The molecule has 0 radical (unpaired) electrons. The third kappa shape index (κ3) is 6.49. The molecule has 0 spiro atoms. The first-order chi connectivity index (χ1) is 19.4. The van der Waals surface area contributed by atoms with Gasteiger partial charge in [-0.2, -0.15) is 0 Å². The van der Waals surface area contributed by atoms with Gasteiger partial charge in [-0.15, -0.1) is 0 Å². The van der Waals surface area contributed by atoms with Crippen LogP contribution in [0.2, 0.25) is 0 Å². The van der Waals surface area contributed by atoms with E-state index in [0.29, 0.717) is 27.7 Å². The number of methoxy groups -OCH3 is 3. The van der Waals surface area contributed by atoms with Gasteiger partial charge in [-0.25, -0.2) is 0 Å². The molecule has 1 atom stereocenters. The predicted molar refractivity (Wildman–Crippen MR) is 171 cm³/mol. The standard InChI is InChI=1S/C35H45O6P/c1-33(2,3)23-20-24(34(4,5)6)31(29(35(7,8)9)27(23)30(36)21-16-14-13-15-17-21)42(38)32(37)28-25(40-11)18-22(39-10)19-26(28)41-12/h13-20,42H,1-12H3. The van der Waals surface area contributed by atoms with E-state index in [1.807, 2.05) is 65.8 Å². The van der Waals surface area contributed by atoms with Crippen LogP contribution in [0.25, 0.3) is 0 Å². The van der Waals surface area contributed by atoms with Gasteiger partial charge in [0.15, 0.2) is 13.6 Å². The quantitative estimate of drug-likeness (QED) is 0.196. The first-order valence-corrected chi connectivity index (χ1v) is 15.5. The van der Waals surface area contributed by atoms with E-state index in [0.717, 1.165) is 11.1 Å². The van der Waals surface area contributed by atoms with Crippen molar-refractivity contribution in [2.24, 2.45) is 0 Å². The maximum atomic E-state index is 14.8. The van der Waals surface area contributed by atoms with Crippen molar-refractivity contribution in [3.63, 3.8) is 0 Å². The fraction of sp³-hybridized carbons (Fsp3) is 0.429. The molecule has 6 nitrogen and oxygen atoms in total. The van der Waals surface area contributed by atoms with Crippen LogP contribution >= 0.6 is 7.80 Å². The Balaban J connectivity index is 2.54. The molecule has 0 heterocycles. The minimum absolute atomic E-state index is 0.0836. The van der Waals surface area contributed by atoms with Crippen LogP contribution in [0.4, 0.5) is 0 Å². The smallest absolute Gasteiger partial charge is 0.230 e. The van der Waals surface area contributed by atoms with Gasteiger partial charge in [0.05, 0.1) is 21.3 Å². The fourth-order valence-electron chi connectivity index (χ4n) is 5.28. The number of ketones is 1. The largest absolute Gasteiger partial charge is 0.496 e. The summed E-state index contributed by atoms with van der Waals surface area (Å²) in [5.41, 5.74) is 1.26.